The van der Waals surface area contributed by atoms with Crippen molar-refractivity contribution >= 4 is 21.6 Å². The highest BCUT2D eigenvalue weighted by molar-refractivity contribution is 9.10. The van der Waals surface area contributed by atoms with Gasteiger partial charge in [-0.15, -0.1) is 10.2 Å². The van der Waals surface area contributed by atoms with Gasteiger partial charge in [0.05, 0.1) is 11.2 Å². The zero-order valence-electron chi connectivity index (χ0n) is 9.82. The van der Waals surface area contributed by atoms with Crippen LogP contribution in [0.3, 0.4) is 0 Å². The van der Waals surface area contributed by atoms with Crippen LogP contribution in [0.15, 0.2) is 16.7 Å². The quantitative estimate of drug-likeness (QED) is 0.758. The summed E-state index contributed by atoms with van der Waals surface area (Å²) < 4.78 is 2.80. The highest BCUT2D eigenvalue weighted by atomic mass is 79.9. The van der Waals surface area contributed by atoms with Crippen molar-refractivity contribution in [1.82, 2.24) is 19.7 Å². The molecule has 0 atom stereocenters. The Hall–Kier alpha value is -1.43. The molecule has 17 heavy (non-hydrogen) atoms. The molecular weight excluding hydrogens is 282 g/mol. The summed E-state index contributed by atoms with van der Waals surface area (Å²) in [5.74, 6) is 2.57. The second-order valence-electron chi connectivity index (χ2n) is 4.66. The number of hydrogen-bond acceptors (Lipinski definition) is 4. The molecule has 0 unspecified atom stereocenters. The standard InChI is InChI=1S/C11H12BrN5/c1-6-15-16-10-11(2,3)14-7-4-5-8(12)13-9(7)17(6)10/h4-5,14H,1-3H3. The number of anilines is 1. The summed E-state index contributed by atoms with van der Waals surface area (Å²) >= 11 is 3.39. The third-order valence-electron chi connectivity index (χ3n) is 2.88. The molecule has 6 heteroatoms. The number of rotatable bonds is 0. The molecule has 0 radical (unpaired) electrons. The first-order valence-electron chi connectivity index (χ1n) is 5.36. The molecule has 88 valence electrons. The molecule has 3 heterocycles. The van der Waals surface area contributed by atoms with Crippen LogP contribution < -0.4 is 5.32 Å². The molecular formula is C11H12BrN5. The van der Waals surface area contributed by atoms with E-state index in [0.29, 0.717) is 0 Å². The lowest BCUT2D eigenvalue weighted by Crippen LogP contribution is -2.36. The summed E-state index contributed by atoms with van der Waals surface area (Å²) in [4.78, 5) is 4.49. The highest BCUT2D eigenvalue weighted by Crippen LogP contribution is 2.35. The zero-order valence-corrected chi connectivity index (χ0v) is 11.4. The van der Waals surface area contributed by atoms with E-state index in [1.165, 1.54) is 0 Å². The lowest BCUT2D eigenvalue weighted by Gasteiger charge is -2.32. The van der Waals surface area contributed by atoms with Gasteiger partial charge in [-0.05, 0) is 48.8 Å². The van der Waals surface area contributed by atoms with Crippen LogP contribution >= 0.6 is 15.9 Å². The van der Waals surface area contributed by atoms with Gasteiger partial charge < -0.3 is 5.32 Å². The minimum atomic E-state index is -0.246. The number of nitrogens with zero attached hydrogens (tertiary/aromatic N) is 4. The summed E-state index contributed by atoms with van der Waals surface area (Å²) in [6, 6.07) is 3.93. The average molecular weight is 294 g/mol. The van der Waals surface area contributed by atoms with E-state index in [9.17, 15) is 0 Å². The molecule has 1 aliphatic rings. The molecule has 2 aromatic heterocycles. The predicted octanol–water partition coefficient (Wildman–Crippen LogP) is 2.39. The first-order valence-corrected chi connectivity index (χ1v) is 6.16. The van der Waals surface area contributed by atoms with Crippen LogP contribution in [0.25, 0.3) is 5.82 Å². The Bertz CT molecular complexity index is 602. The van der Waals surface area contributed by atoms with Crippen molar-refractivity contribution in [2.75, 3.05) is 5.32 Å². The van der Waals surface area contributed by atoms with Crippen LogP contribution in [0.5, 0.6) is 0 Å². The van der Waals surface area contributed by atoms with Crippen molar-refractivity contribution in [3.05, 3.63) is 28.4 Å². The van der Waals surface area contributed by atoms with Gasteiger partial charge in [0.2, 0.25) is 0 Å². The number of pyridine rings is 1. The lowest BCUT2D eigenvalue weighted by molar-refractivity contribution is 0.531. The topological polar surface area (TPSA) is 55.6 Å². The second-order valence-corrected chi connectivity index (χ2v) is 5.47. The summed E-state index contributed by atoms with van der Waals surface area (Å²) in [6.45, 7) is 6.10. The van der Waals surface area contributed by atoms with Crippen LogP contribution in [-0.2, 0) is 5.54 Å². The Kier molecular flexibility index (Phi) is 2.07. The number of halogens is 1. The molecule has 1 aliphatic heterocycles. The van der Waals surface area contributed by atoms with Crippen LogP contribution in [0.4, 0.5) is 5.69 Å². The maximum absolute atomic E-state index is 4.49. The Labute approximate surface area is 107 Å². The molecule has 0 saturated carbocycles. The molecule has 0 spiro atoms. The van der Waals surface area contributed by atoms with Gasteiger partial charge in [-0.3, -0.25) is 4.57 Å². The second kappa shape index (κ2) is 3.29. The molecule has 1 N–H and O–H groups in total. The first-order chi connectivity index (χ1) is 7.99. The normalized spacial score (nSPS) is 16.0. The van der Waals surface area contributed by atoms with Crippen molar-refractivity contribution < 1.29 is 0 Å². The third-order valence-corrected chi connectivity index (χ3v) is 3.33. The van der Waals surface area contributed by atoms with E-state index in [2.05, 4.69) is 50.3 Å². The molecule has 3 rings (SSSR count). The van der Waals surface area contributed by atoms with Gasteiger partial charge in [0.25, 0.3) is 0 Å². The lowest BCUT2D eigenvalue weighted by atomic mass is 10.0. The number of fused-ring (bicyclic) bond motifs is 3. The third kappa shape index (κ3) is 1.47. The van der Waals surface area contributed by atoms with E-state index < -0.39 is 0 Å². The first kappa shape index (κ1) is 10.7. The average Bonchev–Trinajstić information content (AvgIpc) is 2.63. The van der Waals surface area contributed by atoms with Crippen molar-refractivity contribution in [1.29, 1.82) is 0 Å². The number of aromatic nitrogens is 4. The Morgan fingerprint density at radius 3 is 2.82 bits per heavy atom. The molecule has 5 nitrogen and oxygen atoms in total. The van der Waals surface area contributed by atoms with Gasteiger partial charge in [0.1, 0.15) is 10.4 Å². The molecule has 0 amide bonds. The summed E-state index contributed by atoms with van der Waals surface area (Å²) in [7, 11) is 0. The Morgan fingerprint density at radius 1 is 1.29 bits per heavy atom. The molecule has 0 bridgehead atoms. The fourth-order valence-corrected chi connectivity index (χ4v) is 2.41. The van der Waals surface area contributed by atoms with Crippen LogP contribution in [-0.4, -0.2) is 19.7 Å². The van der Waals surface area contributed by atoms with E-state index in [4.69, 9.17) is 0 Å². The monoisotopic (exact) mass is 293 g/mol. The molecule has 0 aliphatic carbocycles. The largest absolute Gasteiger partial charge is 0.370 e. The number of hydrogen-bond donors (Lipinski definition) is 1. The molecule has 0 fully saturated rings. The Balaban J connectivity index is 2.35. The summed E-state index contributed by atoms with van der Waals surface area (Å²) in [6.07, 6.45) is 0. The number of nitrogens with one attached hydrogen (secondary N) is 1. The van der Waals surface area contributed by atoms with Crippen molar-refractivity contribution in [3.8, 4) is 5.82 Å². The van der Waals surface area contributed by atoms with Crippen molar-refractivity contribution in [2.45, 2.75) is 26.3 Å². The van der Waals surface area contributed by atoms with E-state index in [-0.39, 0.29) is 5.54 Å². The molecule has 2 aromatic rings. The fraction of sp³-hybridized carbons (Fsp3) is 0.364. The summed E-state index contributed by atoms with van der Waals surface area (Å²) in [5.41, 5.74) is 0.748. The van der Waals surface area contributed by atoms with E-state index in [1.807, 2.05) is 23.6 Å². The van der Waals surface area contributed by atoms with E-state index in [0.717, 1.165) is 27.8 Å². The minimum absolute atomic E-state index is 0.246. The van der Waals surface area contributed by atoms with Crippen molar-refractivity contribution in [2.24, 2.45) is 0 Å². The van der Waals surface area contributed by atoms with E-state index >= 15 is 0 Å². The smallest absolute Gasteiger partial charge is 0.164 e. The zero-order chi connectivity index (χ0) is 12.2. The molecule has 0 aromatic carbocycles. The minimum Gasteiger partial charge on any atom is -0.370 e. The SMILES string of the molecule is Cc1nnc2n1-c1nc(Br)ccc1NC2(C)C. The fourth-order valence-electron chi connectivity index (χ4n) is 2.11. The van der Waals surface area contributed by atoms with Gasteiger partial charge in [0, 0.05) is 0 Å². The van der Waals surface area contributed by atoms with Gasteiger partial charge >= 0.3 is 0 Å². The molecule has 0 saturated heterocycles. The van der Waals surface area contributed by atoms with E-state index in [1.54, 1.807) is 0 Å². The van der Waals surface area contributed by atoms with Gasteiger partial charge in [-0.25, -0.2) is 4.98 Å². The highest BCUT2D eigenvalue weighted by Gasteiger charge is 2.34. The van der Waals surface area contributed by atoms with Crippen molar-refractivity contribution in [3.63, 3.8) is 0 Å². The van der Waals surface area contributed by atoms with Gasteiger partial charge in [0.15, 0.2) is 11.6 Å². The summed E-state index contributed by atoms with van der Waals surface area (Å²) in [5, 5.41) is 11.8. The Morgan fingerprint density at radius 2 is 2.06 bits per heavy atom. The maximum atomic E-state index is 4.49. The van der Waals surface area contributed by atoms with Gasteiger partial charge in [-0.2, -0.15) is 0 Å². The number of aryl methyl sites for hydroxylation is 1. The predicted molar refractivity (Wildman–Crippen MR) is 68.2 cm³/mol. The van der Waals surface area contributed by atoms with Crippen LogP contribution in [0, 0.1) is 6.92 Å². The van der Waals surface area contributed by atoms with Gasteiger partial charge in [-0.1, -0.05) is 0 Å². The van der Waals surface area contributed by atoms with Crippen LogP contribution in [0.1, 0.15) is 25.5 Å². The van der Waals surface area contributed by atoms with Crippen LogP contribution in [0.2, 0.25) is 0 Å². The maximum Gasteiger partial charge on any atom is 0.164 e.